The molecule has 0 N–H and O–H groups in total. The lowest BCUT2D eigenvalue weighted by molar-refractivity contribution is 0.0574. The molecule has 1 atom stereocenters. The number of nitrogens with zero attached hydrogens (tertiary/aromatic N) is 4. The number of carbonyl (C=O) groups is 1. The first kappa shape index (κ1) is 27.6. The Kier molecular flexibility index (Phi) is 7.70. The van der Waals surface area contributed by atoms with Crippen LogP contribution in [0.3, 0.4) is 0 Å². The van der Waals surface area contributed by atoms with Gasteiger partial charge in [0.25, 0.3) is 0 Å². The van der Waals surface area contributed by atoms with Gasteiger partial charge in [-0.25, -0.2) is 19.7 Å². The van der Waals surface area contributed by atoms with Gasteiger partial charge in [-0.15, -0.1) is 0 Å². The molecule has 2 aromatic rings. The Morgan fingerprint density at radius 3 is 2.46 bits per heavy atom. The highest BCUT2D eigenvalue weighted by molar-refractivity contribution is 6.74. The number of amides is 1. The number of hydrogen-bond acceptors (Lipinski definition) is 6. The highest BCUT2D eigenvalue weighted by atomic mass is 35.5. The van der Waals surface area contributed by atoms with Crippen molar-refractivity contribution >= 4 is 31.8 Å². The molecule has 1 aliphatic heterocycles. The third kappa shape index (κ3) is 6.04. The summed E-state index contributed by atoms with van der Waals surface area (Å²) < 4.78 is 12.3. The van der Waals surface area contributed by atoms with Crippen molar-refractivity contribution in [1.82, 2.24) is 15.0 Å². The fourth-order valence-corrected chi connectivity index (χ4v) is 5.23. The van der Waals surface area contributed by atoms with Gasteiger partial charge in [0.2, 0.25) is 5.28 Å². The summed E-state index contributed by atoms with van der Waals surface area (Å²) in [5.41, 5.74) is 1.63. The molecule has 0 aromatic carbocycles. The fraction of sp³-hybridized carbons (Fsp3) is 0.615. The van der Waals surface area contributed by atoms with E-state index in [9.17, 15) is 4.79 Å². The summed E-state index contributed by atoms with van der Waals surface area (Å²) in [5.74, 6) is 0.636. The molecular formula is C26H39ClN4O3Si. The van der Waals surface area contributed by atoms with E-state index in [1.165, 1.54) is 0 Å². The van der Waals surface area contributed by atoms with Crippen molar-refractivity contribution in [2.45, 2.75) is 90.5 Å². The van der Waals surface area contributed by atoms with Crippen molar-refractivity contribution in [3.8, 4) is 11.3 Å². The number of fused-ring (bicyclic) bond motifs is 1. The number of halogens is 1. The first-order valence-electron chi connectivity index (χ1n) is 12.2. The van der Waals surface area contributed by atoms with Gasteiger partial charge in [-0.2, -0.15) is 0 Å². The Labute approximate surface area is 215 Å². The monoisotopic (exact) mass is 518 g/mol. The van der Waals surface area contributed by atoms with Gasteiger partial charge in [-0.3, -0.25) is 4.90 Å². The molecule has 0 fully saturated rings. The lowest BCUT2D eigenvalue weighted by Crippen LogP contribution is -2.43. The van der Waals surface area contributed by atoms with E-state index in [0.29, 0.717) is 24.7 Å². The normalized spacial score (nSPS) is 18.5. The summed E-state index contributed by atoms with van der Waals surface area (Å²) in [6.45, 7) is 20.1. The second-order valence-electron chi connectivity index (χ2n) is 11.9. The number of pyridine rings is 1. The minimum absolute atomic E-state index is 0.128. The maximum Gasteiger partial charge on any atom is 0.416 e. The van der Waals surface area contributed by atoms with Crippen LogP contribution < -0.4 is 4.90 Å². The molecule has 0 radical (unpaired) electrons. The lowest BCUT2D eigenvalue weighted by Gasteiger charge is -2.38. The number of hydrogen-bond donors (Lipinski definition) is 0. The standard InChI is InChI=1S/C26H39ClN4O3Si/c1-10-26(12-14-33-35(8,9)25(5,6)7)17-31(23(32)34-24(2,3)4)21-19(26)15-18(16-29-21)20-11-13-28-22(27)30-20/h11,13,15-16H,10,12,14,17H2,1-9H3. The smallest absolute Gasteiger partial charge is 0.416 e. The molecule has 1 amide bonds. The largest absolute Gasteiger partial charge is 0.443 e. The SMILES string of the molecule is CCC1(CCO[Si](C)(C)C(C)(C)C)CN(C(=O)OC(C)(C)C)c2ncc(-c3ccnc(Cl)n3)cc21. The molecule has 7 nitrogen and oxygen atoms in total. The van der Waals surface area contributed by atoms with Gasteiger partial charge in [0.1, 0.15) is 11.4 Å². The molecule has 0 saturated heterocycles. The van der Waals surface area contributed by atoms with Gasteiger partial charge in [0, 0.05) is 42.1 Å². The summed E-state index contributed by atoms with van der Waals surface area (Å²) in [5, 5.41) is 0.312. The third-order valence-electron chi connectivity index (χ3n) is 7.22. The molecule has 35 heavy (non-hydrogen) atoms. The Hall–Kier alpha value is -2.03. The van der Waals surface area contributed by atoms with E-state index in [-0.39, 0.29) is 21.8 Å². The number of aromatic nitrogens is 3. The molecule has 0 spiro atoms. The molecule has 0 aliphatic carbocycles. The summed E-state index contributed by atoms with van der Waals surface area (Å²) in [6.07, 6.45) is 4.58. The first-order valence-corrected chi connectivity index (χ1v) is 15.5. The minimum Gasteiger partial charge on any atom is -0.443 e. The number of carbonyl (C=O) groups excluding carboxylic acids is 1. The van der Waals surface area contributed by atoms with Crippen LogP contribution in [0.4, 0.5) is 10.6 Å². The van der Waals surface area contributed by atoms with E-state index >= 15 is 0 Å². The minimum atomic E-state index is -1.91. The number of rotatable bonds is 6. The van der Waals surface area contributed by atoms with E-state index in [4.69, 9.17) is 25.7 Å². The summed E-state index contributed by atoms with van der Waals surface area (Å²) in [4.78, 5) is 27.9. The second-order valence-corrected chi connectivity index (χ2v) is 17.0. The van der Waals surface area contributed by atoms with Crippen LogP contribution in [0.5, 0.6) is 0 Å². The maximum absolute atomic E-state index is 13.2. The molecule has 3 heterocycles. The van der Waals surface area contributed by atoms with Gasteiger partial charge in [0.15, 0.2) is 8.32 Å². The summed E-state index contributed by atoms with van der Waals surface area (Å²) >= 11 is 6.04. The Bertz CT molecular complexity index is 1080. The van der Waals surface area contributed by atoms with Crippen LogP contribution in [0.25, 0.3) is 11.3 Å². The fourth-order valence-electron chi connectivity index (χ4n) is 4.04. The molecular weight excluding hydrogens is 480 g/mol. The zero-order chi connectivity index (χ0) is 26.2. The highest BCUT2D eigenvalue weighted by Gasteiger charge is 2.46. The van der Waals surface area contributed by atoms with Gasteiger partial charge in [-0.1, -0.05) is 27.7 Å². The average molecular weight is 519 g/mol. The van der Waals surface area contributed by atoms with E-state index in [1.54, 1.807) is 17.3 Å². The first-order chi connectivity index (χ1) is 16.1. The predicted octanol–water partition coefficient (Wildman–Crippen LogP) is 7.01. The summed E-state index contributed by atoms with van der Waals surface area (Å²) in [7, 11) is -1.91. The topological polar surface area (TPSA) is 77.4 Å². The molecule has 0 bridgehead atoms. The Balaban J connectivity index is 2.01. The zero-order valence-corrected chi connectivity index (χ0v) is 24.3. The van der Waals surface area contributed by atoms with Gasteiger partial charge in [0.05, 0.1) is 5.69 Å². The van der Waals surface area contributed by atoms with E-state index < -0.39 is 13.9 Å². The van der Waals surface area contributed by atoms with Crippen molar-refractivity contribution in [1.29, 1.82) is 0 Å². The van der Waals surface area contributed by atoms with Crippen LogP contribution in [0.15, 0.2) is 24.5 Å². The van der Waals surface area contributed by atoms with Crippen LogP contribution in [-0.4, -0.2) is 48.1 Å². The molecule has 2 aromatic heterocycles. The third-order valence-corrected chi connectivity index (χ3v) is 11.9. The Morgan fingerprint density at radius 1 is 1.20 bits per heavy atom. The molecule has 0 saturated carbocycles. The average Bonchev–Trinajstić information content (AvgIpc) is 3.06. The van der Waals surface area contributed by atoms with E-state index in [1.807, 2.05) is 26.8 Å². The quantitative estimate of drug-likeness (QED) is 0.302. The molecule has 192 valence electrons. The van der Waals surface area contributed by atoms with Gasteiger partial charge < -0.3 is 9.16 Å². The van der Waals surface area contributed by atoms with Gasteiger partial charge >= 0.3 is 6.09 Å². The zero-order valence-electron chi connectivity index (χ0n) is 22.5. The van der Waals surface area contributed by atoms with Crippen molar-refractivity contribution < 1.29 is 14.0 Å². The van der Waals surface area contributed by atoms with Crippen LogP contribution in [-0.2, 0) is 14.6 Å². The molecule has 1 unspecified atom stereocenters. The van der Waals surface area contributed by atoms with Crippen molar-refractivity contribution in [2.24, 2.45) is 0 Å². The van der Waals surface area contributed by atoms with Crippen molar-refractivity contribution in [2.75, 3.05) is 18.1 Å². The van der Waals surface area contributed by atoms with Crippen LogP contribution in [0, 0.1) is 0 Å². The Morgan fingerprint density at radius 2 is 1.89 bits per heavy atom. The number of ether oxygens (including phenoxy) is 1. The van der Waals surface area contributed by atoms with Crippen molar-refractivity contribution in [3.05, 3.63) is 35.4 Å². The molecule has 9 heteroatoms. The summed E-state index contributed by atoms with van der Waals surface area (Å²) in [6, 6.07) is 3.89. The van der Waals surface area contributed by atoms with E-state index in [2.05, 4.69) is 56.8 Å². The van der Waals surface area contributed by atoms with Crippen LogP contribution in [0.1, 0.15) is 66.9 Å². The maximum atomic E-state index is 13.2. The van der Waals surface area contributed by atoms with Crippen LogP contribution >= 0.6 is 11.6 Å². The predicted molar refractivity (Wildman–Crippen MR) is 144 cm³/mol. The van der Waals surface area contributed by atoms with E-state index in [0.717, 1.165) is 24.0 Å². The number of anilines is 1. The van der Waals surface area contributed by atoms with Crippen LogP contribution in [0.2, 0.25) is 23.4 Å². The van der Waals surface area contributed by atoms with Gasteiger partial charge in [-0.05, 0) is 75.5 Å². The highest BCUT2D eigenvalue weighted by Crippen LogP contribution is 2.46. The molecule has 1 aliphatic rings. The molecule has 3 rings (SSSR count). The lowest BCUT2D eigenvalue weighted by atomic mass is 9.77. The second kappa shape index (κ2) is 9.79. The van der Waals surface area contributed by atoms with Crippen molar-refractivity contribution in [3.63, 3.8) is 0 Å².